The highest BCUT2D eigenvalue weighted by Gasteiger charge is 2.08. The largest absolute Gasteiger partial charge is 0.381 e. The van der Waals surface area contributed by atoms with Crippen LogP contribution in [0.5, 0.6) is 0 Å². The lowest BCUT2D eigenvalue weighted by Gasteiger charge is -2.09. The van der Waals surface area contributed by atoms with Crippen LogP contribution in [-0.4, -0.2) is 4.92 Å². The van der Waals surface area contributed by atoms with E-state index in [1.807, 2.05) is 6.92 Å². The average Bonchev–Trinajstić information content (AvgIpc) is 2.37. The van der Waals surface area contributed by atoms with Crippen LogP contribution >= 0.6 is 0 Å². The van der Waals surface area contributed by atoms with Gasteiger partial charge in [-0.25, -0.2) is 4.39 Å². The number of nitro benzene ring substituents is 1. The van der Waals surface area contributed by atoms with Gasteiger partial charge in [0.2, 0.25) is 0 Å². The highest BCUT2D eigenvalue weighted by molar-refractivity contribution is 5.56. The second-order valence-electron chi connectivity index (χ2n) is 4.24. The standard InChI is InChI=1S/C14H13FN2O2/c1-10-5-6-13(17(18)19)8-14(10)16-9-11-3-2-4-12(15)7-11/h2-8,16H,9H2,1H3. The summed E-state index contributed by atoms with van der Waals surface area (Å²) in [7, 11) is 0. The van der Waals surface area contributed by atoms with Crippen LogP contribution in [0, 0.1) is 22.9 Å². The summed E-state index contributed by atoms with van der Waals surface area (Å²) < 4.78 is 13.0. The van der Waals surface area contributed by atoms with E-state index in [1.54, 1.807) is 18.2 Å². The van der Waals surface area contributed by atoms with Crippen LogP contribution in [0.4, 0.5) is 15.8 Å². The van der Waals surface area contributed by atoms with Crippen molar-refractivity contribution < 1.29 is 9.31 Å². The van der Waals surface area contributed by atoms with E-state index in [-0.39, 0.29) is 11.5 Å². The minimum absolute atomic E-state index is 0.0346. The maximum Gasteiger partial charge on any atom is 0.271 e. The van der Waals surface area contributed by atoms with Crippen molar-refractivity contribution in [1.82, 2.24) is 0 Å². The summed E-state index contributed by atoms with van der Waals surface area (Å²) in [5, 5.41) is 13.8. The first kappa shape index (κ1) is 13.0. The number of rotatable bonds is 4. The van der Waals surface area contributed by atoms with Gasteiger partial charge in [0, 0.05) is 24.4 Å². The maximum absolute atomic E-state index is 13.0. The van der Waals surface area contributed by atoms with Crippen LogP contribution in [0.1, 0.15) is 11.1 Å². The van der Waals surface area contributed by atoms with Gasteiger partial charge in [-0.15, -0.1) is 0 Å². The lowest BCUT2D eigenvalue weighted by molar-refractivity contribution is -0.384. The first-order valence-electron chi connectivity index (χ1n) is 5.79. The van der Waals surface area contributed by atoms with Gasteiger partial charge in [0.15, 0.2) is 0 Å². The SMILES string of the molecule is Cc1ccc([N+](=O)[O-])cc1NCc1cccc(F)c1. The van der Waals surface area contributed by atoms with Crippen molar-refractivity contribution in [2.24, 2.45) is 0 Å². The zero-order chi connectivity index (χ0) is 13.8. The molecule has 0 aliphatic rings. The molecule has 0 amide bonds. The topological polar surface area (TPSA) is 55.2 Å². The van der Waals surface area contributed by atoms with Crippen molar-refractivity contribution in [2.45, 2.75) is 13.5 Å². The zero-order valence-corrected chi connectivity index (χ0v) is 10.4. The number of nitro groups is 1. The molecule has 5 heteroatoms. The second kappa shape index (κ2) is 5.48. The number of aryl methyl sites for hydroxylation is 1. The highest BCUT2D eigenvalue weighted by atomic mass is 19.1. The van der Waals surface area contributed by atoms with Gasteiger partial charge in [0.05, 0.1) is 4.92 Å². The molecule has 0 spiro atoms. The van der Waals surface area contributed by atoms with Gasteiger partial charge in [-0.2, -0.15) is 0 Å². The molecular weight excluding hydrogens is 247 g/mol. The third-order valence-corrected chi connectivity index (χ3v) is 2.80. The van der Waals surface area contributed by atoms with E-state index in [4.69, 9.17) is 0 Å². The van der Waals surface area contributed by atoms with Gasteiger partial charge in [-0.3, -0.25) is 10.1 Å². The Kier molecular flexibility index (Phi) is 3.75. The zero-order valence-electron chi connectivity index (χ0n) is 10.4. The molecule has 2 rings (SSSR count). The van der Waals surface area contributed by atoms with Crippen molar-refractivity contribution in [1.29, 1.82) is 0 Å². The van der Waals surface area contributed by atoms with Gasteiger partial charge < -0.3 is 5.32 Å². The summed E-state index contributed by atoms with van der Waals surface area (Å²) in [6.45, 7) is 2.28. The fourth-order valence-corrected chi connectivity index (χ4v) is 1.76. The normalized spacial score (nSPS) is 10.2. The molecule has 0 saturated heterocycles. The Morgan fingerprint density at radius 3 is 2.74 bits per heavy atom. The summed E-state index contributed by atoms with van der Waals surface area (Å²) in [5.74, 6) is -0.296. The molecule has 2 aromatic rings. The molecular formula is C14H13FN2O2. The number of halogens is 1. The molecule has 0 unspecified atom stereocenters. The van der Waals surface area contributed by atoms with Crippen LogP contribution < -0.4 is 5.32 Å². The number of nitrogens with zero attached hydrogens (tertiary/aromatic N) is 1. The van der Waals surface area contributed by atoms with E-state index in [0.717, 1.165) is 11.1 Å². The van der Waals surface area contributed by atoms with Crippen LogP contribution in [0.3, 0.4) is 0 Å². The minimum atomic E-state index is -0.438. The molecule has 0 aliphatic carbocycles. The van der Waals surface area contributed by atoms with Gasteiger partial charge in [0.1, 0.15) is 5.82 Å². The maximum atomic E-state index is 13.0. The average molecular weight is 260 g/mol. The predicted molar refractivity (Wildman–Crippen MR) is 71.6 cm³/mol. The van der Waals surface area contributed by atoms with Crippen molar-refractivity contribution in [3.63, 3.8) is 0 Å². The quantitative estimate of drug-likeness (QED) is 0.674. The number of non-ortho nitro benzene ring substituents is 1. The Bertz CT molecular complexity index is 614. The number of hydrogen-bond acceptors (Lipinski definition) is 3. The lowest BCUT2D eigenvalue weighted by atomic mass is 10.1. The molecule has 0 bridgehead atoms. The van der Waals surface area contributed by atoms with Crippen LogP contribution in [-0.2, 0) is 6.54 Å². The molecule has 19 heavy (non-hydrogen) atoms. The molecule has 98 valence electrons. The van der Waals surface area contributed by atoms with Crippen molar-refractivity contribution in [3.05, 3.63) is 69.5 Å². The van der Waals surface area contributed by atoms with Gasteiger partial charge in [0.25, 0.3) is 5.69 Å². The number of anilines is 1. The van der Waals surface area contributed by atoms with E-state index in [1.165, 1.54) is 24.3 Å². The molecule has 0 saturated carbocycles. The fraction of sp³-hybridized carbons (Fsp3) is 0.143. The van der Waals surface area contributed by atoms with Crippen LogP contribution in [0.25, 0.3) is 0 Å². The van der Waals surface area contributed by atoms with E-state index >= 15 is 0 Å². The highest BCUT2D eigenvalue weighted by Crippen LogP contribution is 2.22. The molecule has 0 fully saturated rings. The van der Waals surface area contributed by atoms with Gasteiger partial charge in [-0.1, -0.05) is 18.2 Å². The first-order valence-corrected chi connectivity index (χ1v) is 5.79. The van der Waals surface area contributed by atoms with Gasteiger partial charge >= 0.3 is 0 Å². The molecule has 0 aromatic heterocycles. The molecule has 4 nitrogen and oxygen atoms in total. The van der Waals surface area contributed by atoms with E-state index in [0.29, 0.717) is 12.2 Å². The number of benzene rings is 2. The Morgan fingerprint density at radius 1 is 1.26 bits per heavy atom. The van der Waals surface area contributed by atoms with E-state index in [9.17, 15) is 14.5 Å². The minimum Gasteiger partial charge on any atom is -0.381 e. The summed E-state index contributed by atoms with van der Waals surface area (Å²) in [6.07, 6.45) is 0. The number of nitrogens with one attached hydrogen (secondary N) is 1. The molecule has 2 aromatic carbocycles. The predicted octanol–water partition coefficient (Wildman–Crippen LogP) is 3.65. The second-order valence-corrected chi connectivity index (χ2v) is 4.24. The van der Waals surface area contributed by atoms with Crippen molar-refractivity contribution >= 4 is 11.4 Å². The summed E-state index contributed by atoms with van der Waals surface area (Å²) in [5.41, 5.74) is 2.40. The third-order valence-electron chi connectivity index (χ3n) is 2.80. The van der Waals surface area contributed by atoms with Gasteiger partial charge in [-0.05, 0) is 30.2 Å². The van der Waals surface area contributed by atoms with Crippen LogP contribution in [0.15, 0.2) is 42.5 Å². The van der Waals surface area contributed by atoms with Crippen molar-refractivity contribution in [3.8, 4) is 0 Å². The molecule has 0 aliphatic heterocycles. The first-order chi connectivity index (χ1) is 9.06. The number of hydrogen-bond donors (Lipinski definition) is 1. The Morgan fingerprint density at radius 2 is 2.05 bits per heavy atom. The summed E-state index contributed by atoms with van der Waals surface area (Å²) >= 11 is 0. The summed E-state index contributed by atoms with van der Waals surface area (Å²) in [4.78, 5) is 10.3. The fourth-order valence-electron chi connectivity index (χ4n) is 1.76. The molecule has 0 radical (unpaired) electrons. The smallest absolute Gasteiger partial charge is 0.271 e. The molecule has 0 atom stereocenters. The Hall–Kier alpha value is -2.43. The van der Waals surface area contributed by atoms with E-state index < -0.39 is 4.92 Å². The third kappa shape index (κ3) is 3.28. The molecule has 1 N–H and O–H groups in total. The Labute approximate surface area is 110 Å². The Balaban J connectivity index is 2.15. The summed E-state index contributed by atoms with van der Waals surface area (Å²) in [6, 6.07) is 10.9. The monoisotopic (exact) mass is 260 g/mol. The lowest BCUT2D eigenvalue weighted by Crippen LogP contribution is -2.02. The van der Waals surface area contributed by atoms with Crippen molar-refractivity contribution in [2.75, 3.05) is 5.32 Å². The van der Waals surface area contributed by atoms with Crippen LogP contribution in [0.2, 0.25) is 0 Å². The molecule has 0 heterocycles. The van der Waals surface area contributed by atoms with E-state index in [2.05, 4.69) is 5.32 Å².